The van der Waals surface area contributed by atoms with Crippen LogP contribution >= 0.6 is 0 Å². The molecule has 2 atom stereocenters. The maximum absolute atomic E-state index is 11.9. The van der Waals surface area contributed by atoms with Crippen LogP contribution in [-0.4, -0.2) is 5.78 Å². The lowest BCUT2D eigenvalue weighted by Crippen LogP contribution is -2.38. The summed E-state index contributed by atoms with van der Waals surface area (Å²) in [6.45, 7) is 13.5. The van der Waals surface area contributed by atoms with Crippen molar-refractivity contribution < 1.29 is 4.79 Å². The molecule has 0 unspecified atom stereocenters. The van der Waals surface area contributed by atoms with Crippen LogP contribution in [0.25, 0.3) is 0 Å². The third kappa shape index (κ3) is 3.06. The van der Waals surface area contributed by atoms with Crippen molar-refractivity contribution in [1.29, 1.82) is 0 Å². The van der Waals surface area contributed by atoms with Gasteiger partial charge in [0.25, 0.3) is 0 Å². The Labute approximate surface area is 94.6 Å². The highest BCUT2D eigenvalue weighted by Gasteiger charge is 2.39. The number of rotatable bonds is 0. The molecule has 0 aromatic heterocycles. The lowest BCUT2D eigenvalue weighted by Gasteiger charge is -2.41. The maximum atomic E-state index is 11.9. The van der Waals surface area contributed by atoms with Gasteiger partial charge in [-0.3, -0.25) is 4.79 Å². The fraction of sp³-hybridized carbons (Fsp3) is 0.929. The molecule has 1 rings (SSSR count). The SMILES string of the molecule is CC(C)(C)[C@@H]1CCC(=O)[C@@H](C(C)(C)C)C1. The summed E-state index contributed by atoms with van der Waals surface area (Å²) in [5.74, 6) is 1.47. The van der Waals surface area contributed by atoms with E-state index in [1.807, 2.05) is 0 Å². The van der Waals surface area contributed by atoms with E-state index >= 15 is 0 Å². The van der Waals surface area contributed by atoms with E-state index in [0.29, 0.717) is 17.1 Å². The zero-order chi connectivity index (χ0) is 11.9. The fourth-order valence-electron chi connectivity index (χ4n) is 2.65. The van der Waals surface area contributed by atoms with Crippen molar-refractivity contribution >= 4 is 5.78 Å². The van der Waals surface area contributed by atoms with Crippen molar-refractivity contribution in [2.24, 2.45) is 22.7 Å². The molecule has 15 heavy (non-hydrogen) atoms. The van der Waals surface area contributed by atoms with Gasteiger partial charge in [0, 0.05) is 12.3 Å². The Morgan fingerprint density at radius 3 is 1.93 bits per heavy atom. The molecule has 0 aromatic rings. The average molecular weight is 210 g/mol. The van der Waals surface area contributed by atoms with E-state index in [0.717, 1.165) is 19.3 Å². The summed E-state index contributed by atoms with van der Waals surface area (Å²) in [4.78, 5) is 11.9. The first-order valence-corrected chi connectivity index (χ1v) is 6.15. The van der Waals surface area contributed by atoms with Crippen LogP contribution in [0.2, 0.25) is 0 Å². The molecule has 1 aliphatic carbocycles. The van der Waals surface area contributed by atoms with E-state index in [-0.39, 0.29) is 11.3 Å². The van der Waals surface area contributed by atoms with Crippen LogP contribution in [0.1, 0.15) is 60.8 Å². The quantitative estimate of drug-likeness (QED) is 0.589. The largest absolute Gasteiger partial charge is 0.299 e. The first-order valence-electron chi connectivity index (χ1n) is 6.15. The molecule has 0 radical (unpaired) electrons. The molecule has 1 aliphatic rings. The van der Waals surface area contributed by atoms with Gasteiger partial charge in [-0.05, 0) is 29.6 Å². The molecule has 0 spiro atoms. The van der Waals surface area contributed by atoms with Gasteiger partial charge < -0.3 is 0 Å². The molecule has 0 heterocycles. The monoisotopic (exact) mass is 210 g/mol. The molecule has 1 heteroatoms. The molecular formula is C14H26O. The number of carbonyl (C=O) groups excluding carboxylic acids is 1. The highest BCUT2D eigenvalue weighted by molar-refractivity contribution is 5.82. The second-order valence-electron chi connectivity index (χ2n) is 7.22. The molecule has 1 fully saturated rings. The van der Waals surface area contributed by atoms with Crippen LogP contribution in [0.15, 0.2) is 0 Å². The molecule has 0 amide bonds. The predicted octanol–water partition coefficient (Wildman–Crippen LogP) is 4.06. The number of hydrogen-bond acceptors (Lipinski definition) is 1. The Hall–Kier alpha value is -0.330. The zero-order valence-corrected chi connectivity index (χ0v) is 11.2. The van der Waals surface area contributed by atoms with Crippen molar-refractivity contribution in [2.75, 3.05) is 0 Å². The second-order valence-corrected chi connectivity index (χ2v) is 7.22. The van der Waals surface area contributed by atoms with Gasteiger partial charge in [0.15, 0.2) is 0 Å². The molecule has 0 aromatic carbocycles. The van der Waals surface area contributed by atoms with Crippen molar-refractivity contribution in [2.45, 2.75) is 60.8 Å². The van der Waals surface area contributed by atoms with Crippen molar-refractivity contribution in [3.63, 3.8) is 0 Å². The standard InChI is InChI=1S/C14H26O/c1-13(2,3)10-7-8-12(15)11(9-10)14(4,5)6/h10-11H,7-9H2,1-6H3/t10-,11+/m1/s1. The number of hydrogen-bond donors (Lipinski definition) is 0. The molecule has 0 N–H and O–H groups in total. The average Bonchev–Trinajstić information content (AvgIpc) is 2.00. The molecule has 1 saturated carbocycles. The Balaban J connectivity index is 2.78. The topological polar surface area (TPSA) is 17.1 Å². The van der Waals surface area contributed by atoms with Crippen LogP contribution in [0, 0.1) is 22.7 Å². The number of ketones is 1. The first kappa shape index (κ1) is 12.7. The van der Waals surface area contributed by atoms with Gasteiger partial charge >= 0.3 is 0 Å². The normalized spacial score (nSPS) is 29.3. The molecule has 0 saturated heterocycles. The molecular weight excluding hydrogens is 184 g/mol. The number of carbonyl (C=O) groups is 1. The Kier molecular flexibility index (Phi) is 3.33. The summed E-state index contributed by atoms with van der Waals surface area (Å²) in [5, 5.41) is 0. The molecule has 0 bridgehead atoms. The van der Waals surface area contributed by atoms with Crippen LogP contribution < -0.4 is 0 Å². The van der Waals surface area contributed by atoms with Crippen LogP contribution in [-0.2, 0) is 4.79 Å². The van der Waals surface area contributed by atoms with Gasteiger partial charge in [0.1, 0.15) is 5.78 Å². The van der Waals surface area contributed by atoms with Crippen molar-refractivity contribution in [3.8, 4) is 0 Å². The summed E-state index contributed by atoms with van der Waals surface area (Å²) in [6, 6.07) is 0. The highest BCUT2D eigenvalue weighted by Crippen LogP contribution is 2.44. The van der Waals surface area contributed by atoms with Crippen LogP contribution in [0.3, 0.4) is 0 Å². The van der Waals surface area contributed by atoms with Gasteiger partial charge in [0.2, 0.25) is 0 Å². The number of Topliss-reactive ketones (excluding diaryl/α,β-unsaturated/α-hetero) is 1. The zero-order valence-electron chi connectivity index (χ0n) is 11.2. The van der Waals surface area contributed by atoms with Crippen LogP contribution in [0.5, 0.6) is 0 Å². The van der Waals surface area contributed by atoms with E-state index in [9.17, 15) is 4.79 Å². The van der Waals surface area contributed by atoms with Gasteiger partial charge in [-0.25, -0.2) is 0 Å². The summed E-state index contributed by atoms with van der Waals surface area (Å²) in [7, 11) is 0. The Bertz CT molecular complexity index is 239. The lowest BCUT2D eigenvalue weighted by atomic mass is 9.63. The molecule has 1 nitrogen and oxygen atoms in total. The molecule has 88 valence electrons. The van der Waals surface area contributed by atoms with Crippen molar-refractivity contribution in [3.05, 3.63) is 0 Å². The van der Waals surface area contributed by atoms with Gasteiger partial charge in [-0.1, -0.05) is 41.5 Å². The van der Waals surface area contributed by atoms with E-state index in [2.05, 4.69) is 41.5 Å². The van der Waals surface area contributed by atoms with Crippen LogP contribution in [0.4, 0.5) is 0 Å². The van der Waals surface area contributed by atoms with Gasteiger partial charge in [-0.15, -0.1) is 0 Å². The fourth-order valence-corrected chi connectivity index (χ4v) is 2.65. The summed E-state index contributed by atoms with van der Waals surface area (Å²) >= 11 is 0. The van der Waals surface area contributed by atoms with E-state index in [1.54, 1.807) is 0 Å². The third-order valence-corrected chi connectivity index (χ3v) is 3.92. The maximum Gasteiger partial charge on any atom is 0.136 e. The summed E-state index contributed by atoms with van der Waals surface area (Å²) in [5.41, 5.74) is 0.491. The lowest BCUT2D eigenvalue weighted by molar-refractivity contribution is -0.130. The van der Waals surface area contributed by atoms with Gasteiger partial charge in [0.05, 0.1) is 0 Å². The van der Waals surface area contributed by atoms with E-state index in [4.69, 9.17) is 0 Å². The van der Waals surface area contributed by atoms with Crippen molar-refractivity contribution in [1.82, 2.24) is 0 Å². The minimum Gasteiger partial charge on any atom is -0.299 e. The van der Waals surface area contributed by atoms with E-state index < -0.39 is 0 Å². The predicted molar refractivity (Wildman–Crippen MR) is 64.7 cm³/mol. The minimum absolute atomic E-state index is 0.140. The molecule has 0 aliphatic heterocycles. The minimum atomic E-state index is 0.140. The second kappa shape index (κ2) is 3.92. The highest BCUT2D eigenvalue weighted by atomic mass is 16.1. The smallest absolute Gasteiger partial charge is 0.136 e. The Morgan fingerprint density at radius 1 is 1.00 bits per heavy atom. The summed E-state index contributed by atoms with van der Waals surface area (Å²) in [6.07, 6.45) is 2.98. The summed E-state index contributed by atoms with van der Waals surface area (Å²) < 4.78 is 0. The Morgan fingerprint density at radius 2 is 1.53 bits per heavy atom. The van der Waals surface area contributed by atoms with Gasteiger partial charge in [-0.2, -0.15) is 0 Å². The van der Waals surface area contributed by atoms with E-state index in [1.165, 1.54) is 0 Å². The first-order chi connectivity index (χ1) is 6.62. The third-order valence-electron chi connectivity index (χ3n) is 3.92.